The maximum absolute atomic E-state index is 12.3. The normalized spacial score (nSPS) is 26.1. The van der Waals surface area contributed by atoms with Crippen molar-refractivity contribution in [2.24, 2.45) is 11.8 Å². The lowest BCUT2D eigenvalue weighted by atomic mass is 9.98. The van der Waals surface area contributed by atoms with Crippen molar-refractivity contribution in [1.29, 1.82) is 0 Å². The topological polar surface area (TPSA) is 20.3 Å². The van der Waals surface area contributed by atoms with Crippen LogP contribution >= 0.6 is 0 Å². The Hall–Kier alpha value is -1.57. The number of hydrogen-bond donors (Lipinski definition) is 0. The number of fused-ring (bicyclic) bond motifs is 1. The maximum atomic E-state index is 12.3. The summed E-state index contributed by atoms with van der Waals surface area (Å²) in [6, 6.07) is 10.3. The molecule has 94 valence electrons. The Bertz CT molecular complexity index is 477. The van der Waals surface area contributed by atoms with Gasteiger partial charge in [-0.3, -0.25) is 4.79 Å². The van der Waals surface area contributed by atoms with Crippen molar-refractivity contribution in [2.45, 2.75) is 19.3 Å². The molecule has 1 aromatic rings. The smallest absolute Gasteiger partial charge is 0.163 e. The van der Waals surface area contributed by atoms with Crippen molar-refractivity contribution < 1.29 is 4.79 Å². The Morgan fingerprint density at radius 2 is 2.00 bits per heavy atom. The summed E-state index contributed by atoms with van der Waals surface area (Å²) >= 11 is 0. The van der Waals surface area contributed by atoms with Gasteiger partial charge >= 0.3 is 0 Å². The van der Waals surface area contributed by atoms with Crippen LogP contribution in [0.1, 0.15) is 19.3 Å². The third kappa shape index (κ3) is 1.96. The molecular weight excluding hydrogens is 222 g/mol. The Morgan fingerprint density at radius 1 is 1.22 bits per heavy atom. The number of carbonyl (C=O) groups is 1. The van der Waals surface area contributed by atoms with Crippen molar-refractivity contribution >= 4 is 11.5 Å². The highest BCUT2D eigenvalue weighted by Crippen LogP contribution is 2.40. The number of para-hydroxylation sites is 1. The molecule has 1 fully saturated rings. The SMILES string of the molecule is CN(CC1=CC2CCCC2C1=O)c1ccccc1. The van der Waals surface area contributed by atoms with Crippen LogP contribution in [0, 0.1) is 11.8 Å². The minimum Gasteiger partial charge on any atom is -0.370 e. The molecule has 1 aromatic carbocycles. The summed E-state index contributed by atoms with van der Waals surface area (Å²) in [6.07, 6.45) is 5.76. The lowest BCUT2D eigenvalue weighted by molar-refractivity contribution is -0.118. The molecule has 0 aliphatic heterocycles. The highest BCUT2D eigenvalue weighted by molar-refractivity contribution is 6.01. The van der Waals surface area contributed by atoms with Crippen LogP contribution in [0.15, 0.2) is 42.0 Å². The Labute approximate surface area is 108 Å². The summed E-state index contributed by atoms with van der Waals surface area (Å²) in [4.78, 5) is 14.4. The summed E-state index contributed by atoms with van der Waals surface area (Å²) < 4.78 is 0. The van der Waals surface area contributed by atoms with E-state index in [0.29, 0.717) is 17.6 Å². The van der Waals surface area contributed by atoms with E-state index in [-0.39, 0.29) is 0 Å². The molecule has 2 aliphatic carbocycles. The predicted octanol–water partition coefficient (Wildman–Crippen LogP) is 3.05. The zero-order valence-electron chi connectivity index (χ0n) is 10.8. The van der Waals surface area contributed by atoms with Crippen LogP contribution in [0.25, 0.3) is 0 Å². The number of ketones is 1. The van der Waals surface area contributed by atoms with Crippen molar-refractivity contribution in [2.75, 3.05) is 18.5 Å². The van der Waals surface area contributed by atoms with Gasteiger partial charge in [-0.2, -0.15) is 0 Å². The second-order valence-corrected chi connectivity index (χ2v) is 5.45. The number of anilines is 1. The lowest BCUT2D eigenvalue weighted by Crippen LogP contribution is -2.24. The summed E-state index contributed by atoms with van der Waals surface area (Å²) in [7, 11) is 2.05. The first kappa shape index (κ1) is 11.5. The highest BCUT2D eigenvalue weighted by atomic mass is 16.1. The van der Waals surface area contributed by atoms with E-state index < -0.39 is 0 Å². The number of Topliss-reactive ketones (excluding diaryl/α,β-unsaturated/α-hetero) is 1. The van der Waals surface area contributed by atoms with Crippen LogP contribution < -0.4 is 4.90 Å². The van der Waals surface area contributed by atoms with E-state index in [2.05, 4.69) is 30.2 Å². The number of rotatable bonds is 3. The van der Waals surface area contributed by atoms with Crippen LogP contribution in [0.3, 0.4) is 0 Å². The van der Waals surface area contributed by atoms with Gasteiger partial charge in [-0.05, 0) is 30.9 Å². The van der Waals surface area contributed by atoms with E-state index in [1.807, 2.05) is 18.2 Å². The van der Waals surface area contributed by atoms with Gasteiger partial charge in [0.1, 0.15) is 0 Å². The van der Waals surface area contributed by atoms with Gasteiger partial charge in [0.2, 0.25) is 0 Å². The number of benzene rings is 1. The molecule has 18 heavy (non-hydrogen) atoms. The molecule has 0 heterocycles. The van der Waals surface area contributed by atoms with Gasteiger partial charge in [-0.1, -0.05) is 30.7 Å². The van der Waals surface area contributed by atoms with Crippen LogP contribution in [-0.2, 0) is 4.79 Å². The van der Waals surface area contributed by atoms with E-state index in [1.54, 1.807) is 0 Å². The average Bonchev–Trinajstić information content (AvgIpc) is 2.95. The van der Waals surface area contributed by atoms with Crippen molar-refractivity contribution in [3.63, 3.8) is 0 Å². The third-order valence-corrected chi connectivity index (χ3v) is 4.24. The van der Waals surface area contributed by atoms with E-state index in [4.69, 9.17) is 0 Å². The molecule has 0 amide bonds. The molecule has 2 unspecified atom stereocenters. The molecule has 0 bridgehead atoms. The summed E-state index contributed by atoms with van der Waals surface area (Å²) in [5, 5.41) is 0. The zero-order valence-corrected chi connectivity index (χ0v) is 10.8. The van der Waals surface area contributed by atoms with Crippen LogP contribution in [-0.4, -0.2) is 19.4 Å². The first-order valence-electron chi connectivity index (χ1n) is 6.77. The van der Waals surface area contributed by atoms with E-state index in [0.717, 1.165) is 18.5 Å². The fourth-order valence-electron chi connectivity index (χ4n) is 3.25. The van der Waals surface area contributed by atoms with Crippen molar-refractivity contribution in [3.8, 4) is 0 Å². The zero-order chi connectivity index (χ0) is 12.5. The summed E-state index contributed by atoms with van der Waals surface area (Å²) in [5.74, 6) is 1.25. The summed E-state index contributed by atoms with van der Waals surface area (Å²) in [6.45, 7) is 0.746. The second kappa shape index (κ2) is 4.60. The van der Waals surface area contributed by atoms with E-state index in [9.17, 15) is 4.79 Å². The van der Waals surface area contributed by atoms with E-state index in [1.165, 1.54) is 18.5 Å². The first-order valence-corrected chi connectivity index (χ1v) is 6.77. The molecule has 2 atom stereocenters. The number of allylic oxidation sites excluding steroid dienone is 1. The molecule has 0 saturated heterocycles. The summed E-state index contributed by atoms with van der Waals surface area (Å²) in [5.41, 5.74) is 2.19. The van der Waals surface area contributed by atoms with Gasteiger partial charge in [0.15, 0.2) is 5.78 Å². The second-order valence-electron chi connectivity index (χ2n) is 5.45. The third-order valence-electron chi connectivity index (χ3n) is 4.24. The first-order chi connectivity index (χ1) is 8.75. The van der Waals surface area contributed by atoms with Crippen molar-refractivity contribution in [1.82, 2.24) is 0 Å². The number of likely N-dealkylation sites (N-methyl/N-ethyl adjacent to an activating group) is 1. The standard InChI is InChI=1S/C16H19NO/c1-17(14-7-3-2-4-8-14)11-13-10-12-6-5-9-15(12)16(13)18/h2-4,7-8,10,12,15H,5-6,9,11H2,1H3. The molecule has 1 saturated carbocycles. The van der Waals surface area contributed by atoms with Gasteiger partial charge in [0.25, 0.3) is 0 Å². The Morgan fingerprint density at radius 3 is 2.72 bits per heavy atom. The quantitative estimate of drug-likeness (QED) is 0.810. The average molecular weight is 241 g/mol. The van der Waals surface area contributed by atoms with Gasteiger partial charge in [-0.25, -0.2) is 0 Å². The van der Waals surface area contributed by atoms with Gasteiger partial charge in [-0.15, -0.1) is 0 Å². The molecule has 3 rings (SSSR count). The Balaban J connectivity index is 1.72. The monoisotopic (exact) mass is 241 g/mol. The largest absolute Gasteiger partial charge is 0.370 e. The van der Waals surface area contributed by atoms with Gasteiger partial charge in [0, 0.05) is 30.8 Å². The van der Waals surface area contributed by atoms with Crippen LogP contribution in [0.5, 0.6) is 0 Å². The maximum Gasteiger partial charge on any atom is 0.163 e. The van der Waals surface area contributed by atoms with Gasteiger partial charge in [0.05, 0.1) is 0 Å². The molecule has 2 heteroatoms. The molecule has 0 aromatic heterocycles. The molecule has 0 radical (unpaired) electrons. The number of hydrogen-bond acceptors (Lipinski definition) is 2. The fraction of sp³-hybridized carbons (Fsp3) is 0.438. The van der Waals surface area contributed by atoms with Crippen LogP contribution in [0.2, 0.25) is 0 Å². The highest BCUT2D eigenvalue weighted by Gasteiger charge is 2.38. The molecular formula is C16H19NO. The fourth-order valence-corrected chi connectivity index (χ4v) is 3.25. The Kier molecular flexibility index (Phi) is 2.94. The molecule has 2 aliphatic rings. The predicted molar refractivity (Wildman–Crippen MR) is 73.6 cm³/mol. The van der Waals surface area contributed by atoms with Crippen LogP contribution in [0.4, 0.5) is 5.69 Å². The van der Waals surface area contributed by atoms with Gasteiger partial charge < -0.3 is 4.90 Å². The van der Waals surface area contributed by atoms with E-state index >= 15 is 0 Å². The van der Waals surface area contributed by atoms with Crippen molar-refractivity contribution in [3.05, 3.63) is 42.0 Å². The number of carbonyl (C=O) groups excluding carboxylic acids is 1. The molecule has 0 N–H and O–H groups in total. The molecule has 0 spiro atoms. The number of nitrogens with zero attached hydrogens (tertiary/aromatic N) is 1. The minimum atomic E-state index is 0.309. The molecule has 2 nitrogen and oxygen atoms in total. The lowest BCUT2D eigenvalue weighted by Gasteiger charge is -2.19. The minimum absolute atomic E-state index is 0.309.